The van der Waals surface area contributed by atoms with Gasteiger partial charge in [0, 0.05) is 44.4 Å². The number of anilines is 1. The van der Waals surface area contributed by atoms with Crippen molar-refractivity contribution in [3.8, 4) is 0 Å². The van der Waals surface area contributed by atoms with Crippen molar-refractivity contribution in [3.63, 3.8) is 0 Å². The number of likely N-dealkylation sites (tertiary alicyclic amines) is 1. The van der Waals surface area contributed by atoms with E-state index in [1.54, 1.807) is 6.92 Å². The summed E-state index contributed by atoms with van der Waals surface area (Å²) >= 11 is 0. The summed E-state index contributed by atoms with van der Waals surface area (Å²) in [4.78, 5) is 28.2. The van der Waals surface area contributed by atoms with E-state index in [0.717, 1.165) is 38.7 Å². The number of sulfone groups is 1. The van der Waals surface area contributed by atoms with Crippen molar-refractivity contribution in [2.75, 3.05) is 37.3 Å². The minimum absolute atomic E-state index is 0.0108. The topological polar surface area (TPSA) is 95.9 Å². The Balaban J connectivity index is 1.12. The van der Waals surface area contributed by atoms with Crippen molar-refractivity contribution >= 4 is 21.9 Å². The molecule has 1 spiro atoms. The van der Waals surface area contributed by atoms with Gasteiger partial charge >= 0.3 is 6.09 Å². The van der Waals surface area contributed by atoms with Crippen molar-refractivity contribution in [1.82, 2.24) is 19.8 Å². The zero-order valence-corrected chi connectivity index (χ0v) is 22.2. The number of rotatable bonds is 5. The molecule has 1 amide bonds. The number of aromatic nitrogens is 2. The van der Waals surface area contributed by atoms with E-state index >= 15 is 0 Å². The highest BCUT2D eigenvalue weighted by Crippen LogP contribution is 2.50. The summed E-state index contributed by atoms with van der Waals surface area (Å²) in [6.07, 6.45) is 4.14. The molecule has 0 unspecified atom stereocenters. The Morgan fingerprint density at radius 3 is 2.33 bits per heavy atom. The van der Waals surface area contributed by atoms with Crippen molar-refractivity contribution in [3.05, 3.63) is 47.8 Å². The van der Waals surface area contributed by atoms with Gasteiger partial charge in [0.2, 0.25) is 5.95 Å². The normalized spacial score (nSPS) is 24.3. The number of carbonyl (C=O) groups excluding carboxylic acids is 1. The fourth-order valence-electron chi connectivity index (χ4n) is 6.11. The lowest BCUT2D eigenvalue weighted by Gasteiger charge is -2.58. The SMILES string of the molecule is Cc1nc(N2C[C@@H](C)N(C(=O)OC3CC4(C3)CN(Cc3ccccc3)C4)[C@@H](C)C2)ncc1S(C)(=O)=O. The van der Waals surface area contributed by atoms with Gasteiger partial charge in [-0.25, -0.2) is 23.2 Å². The zero-order valence-electron chi connectivity index (χ0n) is 21.4. The van der Waals surface area contributed by atoms with E-state index in [4.69, 9.17) is 4.74 Å². The van der Waals surface area contributed by atoms with E-state index in [9.17, 15) is 13.2 Å². The summed E-state index contributed by atoms with van der Waals surface area (Å²) in [6, 6.07) is 10.4. The van der Waals surface area contributed by atoms with Crippen LogP contribution in [0.3, 0.4) is 0 Å². The van der Waals surface area contributed by atoms with Gasteiger partial charge in [0.25, 0.3) is 0 Å². The lowest BCUT2D eigenvalue weighted by atomic mass is 9.61. The summed E-state index contributed by atoms with van der Waals surface area (Å²) in [6.45, 7) is 9.90. The van der Waals surface area contributed by atoms with E-state index in [0.29, 0.717) is 30.1 Å². The summed E-state index contributed by atoms with van der Waals surface area (Å²) in [5.74, 6) is 0.484. The Morgan fingerprint density at radius 2 is 1.75 bits per heavy atom. The van der Waals surface area contributed by atoms with E-state index < -0.39 is 9.84 Å². The first-order chi connectivity index (χ1) is 17.0. The zero-order chi connectivity index (χ0) is 25.7. The molecule has 0 N–H and O–H groups in total. The van der Waals surface area contributed by atoms with Crippen LogP contribution < -0.4 is 4.90 Å². The summed E-state index contributed by atoms with van der Waals surface area (Å²) < 4.78 is 29.7. The molecule has 0 radical (unpaired) electrons. The fourth-order valence-corrected chi connectivity index (χ4v) is 6.94. The molecule has 3 fully saturated rings. The maximum Gasteiger partial charge on any atom is 0.410 e. The second kappa shape index (κ2) is 9.30. The van der Waals surface area contributed by atoms with Gasteiger partial charge in [-0.15, -0.1) is 0 Å². The quantitative estimate of drug-likeness (QED) is 0.602. The molecule has 2 aliphatic heterocycles. The largest absolute Gasteiger partial charge is 0.446 e. The number of piperazine rings is 1. The number of nitrogens with zero attached hydrogens (tertiary/aromatic N) is 5. The molecular weight excluding hydrogens is 478 g/mol. The maximum absolute atomic E-state index is 13.1. The van der Waals surface area contributed by atoms with Gasteiger partial charge in [-0.05, 0) is 39.2 Å². The summed E-state index contributed by atoms with van der Waals surface area (Å²) in [7, 11) is -3.37. The number of carbonyl (C=O) groups is 1. The van der Waals surface area contributed by atoms with Crippen LogP contribution in [0.25, 0.3) is 0 Å². The average Bonchev–Trinajstić information content (AvgIpc) is 2.75. The van der Waals surface area contributed by atoms with Crippen LogP contribution in [0.1, 0.15) is 37.9 Å². The maximum atomic E-state index is 13.1. The first-order valence-corrected chi connectivity index (χ1v) is 14.5. The van der Waals surface area contributed by atoms with Crippen LogP contribution in [0.15, 0.2) is 41.4 Å². The lowest BCUT2D eigenvalue weighted by molar-refractivity contribution is -0.137. The number of hydrogen-bond donors (Lipinski definition) is 0. The molecule has 194 valence electrons. The molecule has 0 bridgehead atoms. The van der Waals surface area contributed by atoms with Gasteiger partial charge in [-0.1, -0.05) is 30.3 Å². The molecule has 1 aromatic heterocycles. The monoisotopic (exact) mass is 513 g/mol. The second-order valence-corrected chi connectivity index (χ2v) is 12.9. The number of hydrogen-bond acceptors (Lipinski definition) is 8. The second-order valence-electron chi connectivity index (χ2n) is 10.9. The van der Waals surface area contributed by atoms with Crippen LogP contribution in [0, 0.1) is 12.3 Å². The highest BCUT2D eigenvalue weighted by molar-refractivity contribution is 7.90. The Kier molecular flexibility index (Phi) is 6.45. The fraction of sp³-hybridized carbons (Fsp3) is 0.577. The molecule has 2 aromatic rings. The molecule has 2 atom stereocenters. The molecule has 3 heterocycles. The molecular formula is C26H35N5O4S. The number of amides is 1. The molecule has 9 nitrogen and oxygen atoms in total. The van der Waals surface area contributed by atoms with Gasteiger partial charge < -0.3 is 9.64 Å². The van der Waals surface area contributed by atoms with E-state index in [1.165, 1.54) is 11.8 Å². The Morgan fingerprint density at radius 1 is 1.11 bits per heavy atom. The van der Waals surface area contributed by atoms with E-state index in [2.05, 4.69) is 39.1 Å². The van der Waals surface area contributed by atoms with Crippen molar-refractivity contribution in [1.29, 1.82) is 0 Å². The Bertz CT molecular complexity index is 1210. The highest BCUT2D eigenvalue weighted by Gasteiger charge is 2.54. The third-order valence-electron chi connectivity index (χ3n) is 7.69. The van der Waals surface area contributed by atoms with Crippen LogP contribution in [-0.4, -0.2) is 84.9 Å². The van der Waals surface area contributed by atoms with Gasteiger partial charge in [0.1, 0.15) is 11.0 Å². The number of ether oxygens (including phenoxy) is 1. The van der Waals surface area contributed by atoms with Crippen molar-refractivity contribution in [2.45, 2.75) is 63.2 Å². The number of aryl methyl sites for hydroxylation is 1. The van der Waals surface area contributed by atoms with Crippen LogP contribution >= 0.6 is 0 Å². The first kappa shape index (κ1) is 25.0. The molecule has 1 saturated carbocycles. The standard InChI is InChI=1S/C26H35N5O4S/c1-18-13-30(24-27-12-23(20(3)28-24)36(4,33)34)14-19(2)31(18)25(32)35-22-10-26(11-22)16-29(17-26)15-21-8-6-5-7-9-21/h5-9,12,18-19,22H,10-11,13-17H2,1-4H3/t18-,19+. The first-order valence-electron chi connectivity index (χ1n) is 12.6. The van der Waals surface area contributed by atoms with E-state index in [-0.39, 0.29) is 29.2 Å². The predicted octanol–water partition coefficient (Wildman–Crippen LogP) is 2.89. The minimum atomic E-state index is -3.37. The molecule has 2 saturated heterocycles. The van der Waals surface area contributed by atoms with Crippen LogP contribution in [0.4, 0.5) is 10.7 Å². The highest BCUT2D eigenvalue weighted by atomic mass is 32.2. The number of benzene rings is 1. The van der Waals surface area contributed by atoms with Crippen LogP contribution in [0.5, 0.6) is 0 Å². The van der Waals surface area contributed by atoms with Crippen molar-refractivity contribution in [2.24, 2.45) is 5.41 Å². The third-order valence-corrected chi connectivity index (χ3v) is 8.89. The molecule has 3 aliphatic rings. The van der Waals surface area contributed by atoms with Gasteiger partial charge in [-0.3, -0.25) is 9.80 Å². The van der Waals surface area contributed by atoms with Crippen LogP contribution in [0.2, 0.25) is 0 Å². The summed E-state index contributed by atoms with van der Waals surface area (Å²) in [5, 5.41) is 0. The van der Waals surface area contributed by atoms with E-state index in [1.807, 2.05) is 29.7 Å². The smallest absolute Gasteiger partial charge is 0.410 e. The molecule has 1 aromatic carbocycles. The Labute approximate surface area is 213 Å². The molecule has 1 aliphatic carbocycles. The van der Waals surface area contributed by atoms with Gasteiger partial charge in [0.05, 0.1) is 24.0 Å². The third kappa shape index (κ3) is 4.93. The Hall–Kier alpha value is -2.72. The van der Waals surface area contributed by atoms with Gasteiger partial charge in [0.15, 0.2) is 9.84 Å². The van der Waals surface area contributed by atoms with Crippen molar-refractivity contribution < 1.29 is 17.9 Å². The predicted molar refractivity (Wildman–Crippen MR) is 137 cm³/mol. The van der Waals surface area contributed by atoms with Crippen LogP contribution in [-0.2, 0) is 21.1 Å². The minimum Gasteiger partial charge on any atom is -0.446 e. The summed E-state index contributed by atoms with van der Waals surface area (Å²) in [5.41, 5.74) is 2.08. The molecule has 36 heavy (non-hydrogen) atoms. The average molecular weight is 514 g/mol. The lowest BCUT2D eigenvalue weighted by Crippen LogP contribution is -2.65. The molecule has 5 rings (SSSR count). The molecule has 10 heteroatoms. The van der Waals surface area contributed by atoms with Gasteiger partial charge in [-0.2, -0.15) is 0 Å².